The predicted octanol–water partition coefficient (Wildman–Crippen LogP) is 4.02. The molecule has 0 bridgehead atoms. The number of hydrogen-bond donors (Lipinski definition) is 1. The van der Waals surface area contributed by atoms with E-state index in [2.05, 4.69) is 6.58 Å². The van der Waals surface area contributed by atoms with E-state index in [1.807, 2.05) is 55.5 Å². The lowest BCUT2D eigenvalue weighted by atomic mass is 9.95. The molecule has 0 aliphatic carbocycles. The number of hydrogen-bond acceptors (Lipinski definition) is 2. The number of primary amides is 1. The third kappa shape index (κ3) is 3.72. The summed E-state index contributed by atoms with van der Waals surface area (Å²) in [6, 6.07) is 15.7. The molecule has 21 heavy (non-hydrogen) atoms. The second-order valence-electron chi connectivity index (χ2n) is 4.89. The Morgan fingerprint density at radius 2 is 1.90 bits per heavy atom. The second kappa shape index (κ2) is 6.75. The van der Waals surface area contributed by atoms with Crippen molar-refractivity contribution in [2.24, 2.45) is 5.73 Å². The number of benzene rings is 2. The average Bonchev–Trinajstić information content (AvgIpc) is 2.47. The standard InChI is InChI=1S/C18H19NO2/c1-3-14-9-5-6-10-15(14)12-17(21-18(19)20)16-11-7-4-8-13(16)2/h3-11,17H,1,12H2,2H3,(H2,19,20). The van der Waals surface area contributed by atoms with Gasteiger partial charge in [-0.1, -0.05) is 61.2 Å². The summed E-state index contributed by atoms with van der Waals surface area (Å²) in [7, 11) is 0. The first-order valence-electron chi connectivity index (χ1n) is 6.83. The molecule has 0 spiro atoms. The Hall–Kier alpha value is -2.55. The maximum absolute atomic E-state index is 11.2. The molecule has 1 amide bonds. The van der Waals surface area contributed by atoms with Crippen LogP contribution in [0.25, 0.3) is 6.08 Å². The van der Waals surface area contributed by atoms with E-state index in [0.29, 0.717) is 6.42 Å². The fourth-order valence-electron chi connectivity index (χ4n) is 2.42. The van der Waals surface area contributed by atoms with E-state index in [4.69, 9.17) is 10.5 Å². The van der Waals surface area contributed by atoms with Gasteiger partial charge in [-0.2, -0.15) is 0 Å². The highest BCUT2D eigenvalue weighted by atomic mass is 16.6. The fraction of sp³-hybridized carbons (Fsp3) is 0.167. The molecule has 2 N–H and O–H groups in total. The molecule has 2 rings (SSSR count). The molecule has 0 saturated heterocycles. The Kier molecular flexibility index (Phi) is 4.77. The van der Waals surface area contributed by atoms with Crippen LogP contribution in [0.15, 0.2) is 55.1 Å². The average molecular weight is 281 g/mol. The number of amides is 1. The van der Waals surface area contributed by atoms with E-state index in [1.165, 1.54) is 0 Å². The number of nitrogens with two attached hydrogens (primary N) is 1. The number of carbonyl (C=O) groups excluding carboxylic acids is 1. The molecule has 2 aromatic rings. The molecule has 3 nitrogen and oxygen atoms in total. The maximum Gasteiger partial charge on any atom is 0.405 e. The highest BCUT2D eigenvalue weighted by Gasteiger charge is 2.18. The molecule has 0 fully saturated rings. The van der Waals surface area contributed by atoms with Crippen LogP contribution in [0.4, 0.5) is 4.79 Å². The molecular weight excluding hydrogens is 262 g/mol. The normalized spacial score (nSPS) is 11.7. The monoisotopic (exact) mass is 281 g/mol. The van der Waals surface area contributed by atoms with Crippen molar-refractivity contribution >= 4 is 12.2 Å². The van der Waals surface area contributed by atoms with Gasteiger partial charge in [0.05, 0.1) is 0 Å². The van der Waals surface area contributed by atoms with Crippen molar-refractivity contribution in [2.45, 2.75) is 19.4 Å². The summed E-state index contributed by atoms with van der Waals surface area (Å²) in [5, 5.41) is 0. The van der Waals surface area contributed by atoms with Gasteiger partial charge < -0.3 is 10.5 Å². The zero-order chi connectivity index (χ0) is 15.2. The number of carbonyl (C=O) groups is 1. The van der Waals surface area contributed by atoms with Crippen molar-refractivity contribution in [3.63, 3.8) is 0 Å². The lowest BCUT2D eigenvalue weighted by Crippen LogP contribution is -2.19. The Labute approximate surface area is 125 Å². The van der Waals surface area contributed by atoms with Gasteiger partial charge in [-0.05, 0) is 29.2 Å². The van der Waals surface area contributed by atoms with E-state index >= 15 is 0 Å². The van der Waals surface area contributed by atoms with Crippen molar-refractivity contribution in [2.75, 3.05) is 0 Å². The summed E-state index contributed by atoms with van der Waals surface area (Å²) >= 11 is 0. The molecule has 0 aromatic heterocycles. The molecule has 0 aliphatic heterocycles. The van der Waals surface area contributed by atoms with E-state index in [0.717, 1.165) is 22.3 Å². The number of rotatable bonds is 5. The van der Waals surface area contributed by atoms with Crippen LogP contribution in [0.5, 0.6) is 0 Å². The first-order valence-corrected chi connectivity index (χ1v) is 6.83. The van der Waals surface area contributed by atoms with Gasteiger partial charge in [0.15, 0.2) is 0 Å². The van der Waals surface area contributed by atoms with Crippen LogP contribution in [0, 0.1) is 6.92 Å². The molecule has 0 saturated carbocycles. The Morgan fingerprint density at radius 3 is 2.57 bits per heavy atom. The molecule has 3 heteroatoms. The van der Waals surface area contributed by atoms with E-state index < -0.39 is 12.2 Å². The third-order valence-electron chi connectivity index (χ3n) is 3.47. The minimum Gasteiger partial charge on any atom is -0.441 e. The quantitative estimate of drug-likeness (QED) is 0.900. The van der Waals surface area contributed by atoms with Gasteiger partial charge in [-0.25, -0.2) is 4.79 Å². The van der Waals surface area contributed by atoms with Crippen molar-refractivity contribution < 1.29 is 9.53 Å². The molecular formula is C18H19NO2. The van der Waals surface area contributed by atoms with E-state index in [-0.39, 0.29) is 0 Å². The SMILES string of the molecule is C=Cc1ccccc1CC(OC(N)=O)c1ccccc1C. The molecule has 1 atom stereocenters. The first kappa shape index (κ1) is 14.9. The summed E-state index contributed by atoms with van der Waals surface area (Å²) in [4.78, 5) is 11.2. The van der Waals surface area contributed by atoms with Gasteiger partial charge in [-0.15, -0.1) is 0 Å². The Bertz CT molecular complexity index is 649. The Morgan fingerprint density at radius 1 is 1.24 bits per heavy atom. The molecule has 2 aromatic carbocycles. The van der Waals surface area contributed by atoms with Crippen LogP contribution in [-0.2, 0) is 11.2 Å². The molecule has 1 unspecified atom stereocenters. The van der Waals surface area contributed by atoms with Crippen LogP contribution >= 0.6 is 0 Å². The topological polar surface area (TPSA) is 52.3 Å². The molecule has 0 heterocycles. The van der Waals surface area contributed by atoms with Gasteiger partial charge in [0.2, 0.25) is 0 Å². The van der Waals surface area contributed by atoms with Crippen LogP contribution < -0.4 is 5.73 Å². The van der Waals surface area contributed by atoms with Crippen molar-refractivity contribution in [3.05, 3.63) is 77.4 Å². The summed E-state index contributed by atoms with van der Waals surface area (Å²) < 4.78 is 5.33. The Balaban J connectivity index is 2.35. The third-order valence-corrected chi connectivity index (χ3v) is 3.47. The minimum atomic E-state index is -0.765. The molecule has 0 aliphatic rings. The maximum atomic E-state index is 11.2. The largest absolute Gasteiger partial charge is 0.441 e. The molecule has 0 radical (unpaired) electrons. The van der Waals surface area contributed by atoms with Gasteiger partial charge >= 0.3 is 6.09 Å². The lowest BCUT2D eigenvalue weighted by molar-refractivity contribution is 0.106. The summed E-state index contributed by atoms with van der Waals surface area (Å²) in [5.74, 6) is 0. The predicted molar refractivity (Wildman–Crippen MR) is 84.8 cm³/mol. The van der Waals surface area contributed by atoms with Crippen LogP contribution in [0.1, 0.15) is 28.4 Å². The summed E-state index contributed by atoms with van der Waals surface area (Å²) in [6.07, 6.45) is 1.20. The van der Waals surface area contributed by atoms with Gasteiger partial charge in [-0.3, -0.25) is 0 Å². The van der Waals surface area contributed by atoms with Crippen molar-refractivity contribution in [1.82, 2.24) is 0 Å². The van der Waals surface area contributed by atoms with Crippen LogP contribution in [0.2, 0.25) is 0 Å². The summed E-state index contributed by atoms with van der Waals surface area (Å²) in [6.45, 7) is 5.81. The highest BCUT2D eigenvalue weighted by Crippen LogP contribution is 2.26. The smallest absolute Gasteiger partial charge is 0.405 e. The zero-order valence-corrected chi connectivity index (χ0v) is 12.1. The van der Waals surface area contributed by atoms with E-state index in [1.54, 1.807) is 6.08 Å². The second-order valence-corrected chi connectivity index (χ2v) is 4.89. The number of ether oxygens (including phenoxy) is 1. The van der Waals surface area contributed by atoms with Crippen molar-refractivity contribution in [1.29, 1.82) is 0 Å². The highest BCUT2D eigenvalue weighted by molar-refractivity contribution is 5.65. The van der Waals surface area contributed by atoms with Crippen LogP contribution in [-0.4, -0.2) is 6.09 Å². The first-order chi connectivity index (χ1) is 10.1. The fourth-order valence-corrected chi connectivity index (χ4v) is 2.42. The number of aryl methyl sites for hydroxylation is 1. The minimum absolute atomic E-state index is 0.398. The van der Waals surface area contributed by atoms with Crippen LogP contribution in [0.3, 0.4) is 0 Å². The van der Waals surface area contributed by atoms with Gasteiger partial charge in [0.25, 0.3) is 0 Å². The lowest BCUT2D eigenvalue weighted by Gasteiger charge is -2.20. The van der Waals surface area contributed by atoms with Gasteiger partial charge in [0, 0.05) is 6.42 Å². The van der Waals surface area contributed by atoms with Crippen molar-refractivity contribution in [3.8, 4) is 0 Å². The van der Waals surface area contributed by atoms with E-state index in [9.17, 15) is 4.79 Å². The van der Waals surface area contributed by atoms with Gasteiger partial charge in [0.1, 0.15) is 6.10 Å². The molecule has 108 valence electrons. The summed E-state index contributed by atoms with van der Waals surface area (Å²) in [5.41, 5.74) is 9.36. The zero-order valence-electron chi connectivity index (χ0n) is 12.1.